The molecule has 0 bridgehead atoms. The lowest BCUT2D eigenvalue weighted by molar-refractivity contribution is -0.138. The highest BCUT2D eigenvalue weighted by Crippen LogP contribution is 2.46. The summed E-state index contributed by atoms with van der Waals surface area (Å²) >= 11 is 11.9. The molecule has 1 fully saturated rings. The molecule has 2 aromatic rings. The van der Waals surface area contributed by atoms with Gasteiger partial charge in [-0.2, -0.15) is 4.98 Å². The van der Waals surface area contributed by atoms with Gasteiger partial charge in [0.1, 0.15) is 0 Å². The highest BCUT2D eigenvalue weighted by Gasteiger charge is 2.48. The van der Waals surface area contributed by atoms with Crippen LogP contribution in [0.5, 0.6) is 0 Å². The molecule has 0 aliphatic heterocycles. The van der Waals surface area contributed by atoms with Gasteiger partial charge in [0.05, 0.1) is 11.8 Å². The van der Waals surface area contributed by atoms with Crippen LogP contribution in [0.1, 0.15) is 29.6 Å². The van der Waals surface area contributed by atoms with Gasteiger partial charge >= 0.3 is 5.97 Å². The zero-order chi connectivity index (χ0) is 14.3. The number of hydrogen-bond donors (Lipinski definition) is 1. The van der Waals surface area contributed by atoms with E-state index in [-0.39, 0.29) is 5.92 Å². The predicted octanol–water partition coefficient (Wildman–Crippen LogP) is 3.16. The van der Waals surface area contributed by atoms with Crippen molar-refractivity contribution in [2.75, 3.05) is 0 Å². The van der Waals surface area contributed by atoms with Crippen LogP contribution in [-0.4, -0.2) is 21.2 Å². The lowest BCUT2D eigenvalue weighted by Crippen LogP contribution is -1.99. The minimum Gasteiger partial charge on any atom is -0.481 e. The fourth-order valence-electron chi connectivity index (χ4n) is 2.07. The summed E-state index contributed by atoms with van der Waals surface area (Å²) in [5.74, 6) is -0.509. The summed E-state index contributed by atoms with van der Waals surface area (Å²) in [6, 6.07) is 5.20. The van der Waals surface area contributed by atoms with Gasteiger partial charge in [0.2, 0.25) is 5.89 Å². The van der Waals surface area contributed by atoms with Crippen LogP contribution in [0.25, 0.3) is 0 Å². The van der Waals surface area contributed by atoms with E-state index in [0.717, 1.165) is 5.56 Å². The van der Waals surface area contributed by atoms with Crippen LogP contribution < -0.4 is 0 Å². The quantitative estimate of drug-likeness (QED) is 0.938. The number of benzene rings is 1. The number of aromatic nitrogens is 2. The largest absolute Gasteiger partial charge is 0.481 e. The second-order valence-corrected chi connectivity index (χ2v) is 5.59. The maximum atomic E-state index is 10.8. The van der Waals surface area contributed by atoms with Crippen LogP contribution in [0.15, 0.2) is 22.7 Å². The fourth-order valence-corrected chi connectivity index (χ4v) is 2.54. The van der Waals surface area contributed by atoms with Gasteiger partial charge in [0, 0.05) is 16.5 Å². The molecule has 1 N–H and O–H groups in total. The predicted molar refractivity (Wildman–Crippen MR) is 72.0 cm³/mol. The first-order chi connectivity index (χ1) is 9.54. The Labute approximate surface area is 124 Å². The van der Waals surface area contributed by atoms with Gasteiger partial charge < -0.3 is 9.63 Å². The number of rotatable bonds is 4. The molecular formula is C13H10Cl2N2O3. The summed E-state index contributed by atoms with van der Waals surface area (Å²) in [6.07, 6.45) is 0.975. The van der Waals surface area contributed by atoms with E-state index in [4.69, 9.17) is 32.8 Å². The normalized spacial score (nSPS) is 20.9. The zero-order valence-corrected chi connectivity index (χ0v) is 11.7. The van der Waals surface area contributed by atoms with Crippen molar-refractivity contribution in [3.8, 4) is 0 Å². The van der Waals surface area contributed by atoms with Crippen molar-refractivity contribution in [1.82, 2.24) is 10.1 Å². The maximum Gasteiger partial charge on any atom is 0.307 e. The summed E-state index contributed by atoms with van der Waals surface area (Å²) in [6.45, 7) is 0. The number of nitrogens with zero attached hydrogens (tertiary/aromatic N) is 2. The monoisotopic (exact) mass is 312 g/mol. The first kappa shape index (κ1) is 13.4. The van der Waals surface area contributed by atoms with E-state index in [9.17, 15) is 4.79 Å². The molecule has 7 heteroatoms. The molecule has 1 aromatic carbocycles. The lowest BCUT2D eigenvalue weighted by Gasteiger charge is -2.00. The van der Waals surface area contributed by atoms with Gasteiger partial charge in [0.15, 0.2) is 5.82 Å². The van der Waals surface area contributed by atoms with Crippen molar-refractivity contribution in [3.63, 3.8) is 0 Å². The number of hydrogen-bond acceptors (Lipinski definition) is 4. The summed E-state index contributed by atoms with van der Waals surface area (Å²) in [4.78, 5) is 15.0. The minimum absolute atomic E-state index is 0.158. The Morgan fingerprint density at radius 3 is 2.90 bits per heavy atom. The molecule has 0 saturated heterocycles. The van der Waals surface area contributed by atoms with Gasteiger partial charge in [-0.1, -0.05) is 34.4 Å². The van der Waals surface area contributed by atoms with Gasteiger partial charge in [-0.05, 0) is 24.1 Å². The SMILES string of the molecule is O=C(O)C1CC1c1nc(Cc2ccc(Cl)cc2Cl)no1. The van der Waals surface area contributed by atoms with Crippen molar-refractivity contribution in [3.05, 3.63) is 45.5 Å². The van der Waals surface area contributed by atoms with Crippen LogP contribution in [0.3, 0.4) is 0 Å². The highest BCUT2D eigenvalue weighted by molar-refractivity contribution is 6.35. The number of halogens is 2. The number of carboxylic acids is 1. The molecule has 1 aliphatic rings. The van der Waals surface area contributed by atoms with Gasteiger partial charge in [-0.15, -0.1) is 0 Å². The molecule has 0 radical (unpaired) electrons. The van der Waals surface area contributed by atoms with Gasteiger partial charge in [-0.3, -0.25) is 4.79 Å². The highest BCUT2D eigenvalue weighted by atomic mass is 35.5. The molecule has 1 heterocycles. The summed E-state index contributed by atoms with van der Waals surface area (Å²) < 4.78 is 5.11. The van der Waals surface area contributed by atoms with E-state index in [1.807, 2.05) is 0 Å². The first-order valence-electron chi connectivity index (χ1n) is 6.04. The smallest absolute Gasteiger partial charge is 0.307 e. The standard InChI is InChI=1S/C13H10Cl2N2O3/c14-7-2-1-6(10(15)4-7)3-11-16-12(20-17-11)8-5-9(8)13(18)19/h1-2,4,8-9H,3,5H2,(H,18,19). The van der Waals surface area contributed by atoms with Gasteiger partial charge in [0.25, 0.3) is 0 Å². The van der Waals surface area contributed by atoms with Crippen molar-refractivity contribution in [2.24, 2.45) is 5.92 Å². The Bertz CT molecular complexity index is 671. The zero-order valence-electron chi connectivity index (χ0n) is 10.2. The van der Waals surface area contributed by atoms with Crippen molar-refractivity contribution in [1.29, 1.82) is 0 Å². The number of aliphatic carboxylic acids is 1. The summed E-state index contributed by atoms with van der Waals surface area (Å²) in [7, 11) is 0. The second kappa shape index (κ2) is 5.07. The van der Waals surface area contributed by atoms with Crippen LogP contribution >= 0.6 is 23.2 Å². The third-order valence-electron chi connectivity index (χ3n) is 3.27. The van der Waals surface area contributed by atoms with Crippen molar-refractivity contribution < 1.29 is 14.4 Å². The molecule has 104 valence electrons. The molecule has 3 rings (SSSR count). The molecule has 5 nitrogen and oxygen atoms in total. The molecule has 1 saturated carbocycles. The molecule has 0 amide bonds. The molecule has 0 spiro atoms. The van der Waals surface area contributed by atoms with Crippen LogP contribution in [-0.2, 0) is 11.2 Å². The molecule has 20 heavy (non-hydrogen) atoms. The Balaban J connectivity index is 1.73. The van der Waals surface area contributed by atoms with Crippen molar-refractivity contribution in [2.45, 2.75) is 18.8 Å². The van der Waals surface area contributed by atoms with E-state index in [0.29, 0.717) is 34.6 Å². The molecule has 1 aliphatic carbocycles. The van der Waals surface area contributed by atoms with E-state index < -0.39 is 11.9 Å². The average Bonchev–Trinajstić information content (AvgIpc) is 3.07. The van der Waals surface area contributed by atoms with Crippen LogP contribution in [0, 0.1) is 5.92 Å². The minimum atomic E-state index is -0.824. The Morgan fingerprint density at radius 2 is 2.25 bits per heavy atom. The number of carboxylic acid groups (broad SMARTS) is 1. The Kier molecular flexibility index (Phi) is 3.40. The molecule has 2 unspecified atom stereocenters. The Hall–Kier alpha value is -1.59. The molecule has 1 aromatic heterocycles. The van der Waals surface area contributed by atoms with E-state index in [1.54, 1.807) is 18.2 Å². The second-order valence-electron chi connectivity index (χ2n) is 4.75. The molecule has 2 atom stereocenters. The summed E-state index contributed by atoms with van der Waals surface area (Å²) in [5.41, 5.74) is 0.842. The topological polar surface area (TPSA) is 76.2 Å². The van der Waals surface area contributed by atoms with Gasteiger partial charge in [-0.25, -0.2) is 0 Å². The maximum absolute atomic E-state index is 10.8. The fraction of sp³-hybridized carbons (Fsp3) is 0.308. The van der Waals surface area contributed by atoms with Crippen LogP contribution in [0.4, 0.5) is 0 Å². The summed E-state index contributed by atoms with van der Waals surface area (Å²) in [5, 5.41) is 13.8. The average molecular weight is 313 g/mol. The van der Waals surface area contributed by atoms with Crippen molar-refractivity contribution >= 4 is 29.2 Å². The van der Waals surface area contributed by atoms with E-state index >= 15 is 0 Å². The Morgan fingerprint density at radius 1 is 1.45 bits per heavy atom. The van der Waals surface area contributed by atoms with E-state index in [2.05, 4.69) is 10.1 Å². The molecular weight excluding hydrogens is 303 g/mol. The first-order valence-corrected chi connectivity index (χ1v) is 6.79. The van der Waals surface area contributed by atoms with E-state index in [1.165, 1.54) is 0 Å². The third-order valence-corrected chi connectivity index (χ3v) is 3.86. The lowest BCUT2D eigenvalue weighted by atomic mass is 10.1. The third kappa shape index (κ3) is 2.64. The number of carbonyl (C=O) groups is 1. The van der Waals surface area contributed by atoms with Crippen LogP contribution in [0.2, 0.25) is 10.0 Å².